The van der Waals surface area contributed by atoms with Gasteiger partial charge in [-0.3, -0.25) is 9.36 Å². The minimum atomic E-state index is -3.60. The summed E-state index contributed by atoms with van der Waals surface area (Å²) in [7, 11) is -3.60. The Kier molecular flexibility index (Phi) is 6.59. The number of rotatable bonds is 8. The van der Waals surface area contributed by atoms with Crippen LogP contribution in [-0.2, 0) is 13.9 Å². The van der Waals surface area contributed by atoms with Gasteiger partial charge in [0.2, 0.25) is 5.52 Å². The summed E-state index contributed by atoms with van der Waals surface area (Å²) >= 11 is 0. The number of carbonyl (C=O) groups excluding carboxylic acids is 1. The third kappa shape index (κ3) is 3.59. The summed E-state index contributed by atoms with van der Waals surface area (Å²) in [5, 5.41) is 0.496. The highest BCUT2D eigenvalue weighted by Crippen LogP contribution is 2.57. The molecule has 1 aliphatic rings. The standard InChI is InChI=1S/C21H29O3P/c1-5-17-14-15-21(7-3,18(6-2)16-17)20(22)25(23,24-8-4)19-12-10-9-11-13-19/h9-14,16H,5-8,15H2,1-4H3. The van der Waals surface area contributed by atoms with E-state index in [1.807, 2.05) is 13.0 Å². The first kappa shape index (κ1) is 19.9. The van der Waals surface area contributed by atoms with Gasteiger partial charge in [-0.1, -0.05) is 62.3 Å². The predicted octanol–water partition coefficient (Wildman–Crippen LogP) is 5.63. The number of allylic oxidation sites excluding steroid dienone is 4. The van der Waals surface area contributed by atoms with Crippen molar-refractivity contribution in [2.24, 2.45) is 5.41 Å². The molecule has 1 aromatic carbocycles. The van der Waals surface area contributed by atoms with Crippen LogP contribution >= 0.6 is 7.37 Å². The molecule has 136 valence electrons. The molecule has 25 heavy (non-hydrogen) atoms. The molecule has 3 nitrogen and oxygen atoms in total. The Labute approximate surface area is 151 Å². The Hall–Kier alpha value is -1.44. The Bertz CT molecular complexity index is 718. The van der Waals surface area contributed by atoms with E-state index >= 15 is 0 Å². The van der Waals surface area contributed by atoms with E-state index in [1.165, 1.54) is 5.57 Å². The molecule has 0 spiro atoms. The van der Waals surface area contributed by atoms with Crippen molar-refractivity contribution in [3.8, 4) is 0 Å². The maximum absolute atomic E-state index is 13.8. The highest BCUT2D eigenvalue weighted by molar-refractivity contribution is 7.83. The average molecular weight is 360 g/mol. The summed E-state index contributed by atoms with van der Waals surface area (Å²) in [5.74, 6) is 0. The maximum Gasteiger partial charge on any atom is 0.296 e. The lowest BCUT2D eigenvalue weighted by Crippen LogP contribution is -2.36. The monoisotopic (exact) mass is 360 g/mol. The molecule has 1 aliphatic carbocycles. The van der Waals surface area contributed by atoms with Crippen LogP contribution in [0.2, 0.25) is 0 Å². The Morgan fingerprint density at radius 1 is 1.12 bits per heavy atom. The van der Waals surface area contributed by atoms with Crippen molar-refractivity contribution < 1.29 is 13.9 Å². The fourth-order valence-electron chi connectivity index (χ4n) is 3.63. The highest BCUT2D eigenvalue weighted by Gasteiger charge is 2.50. The van der Waals surface area contributed by atoms with E-state index in [0.29, 0.717) is 18.1 Å². The van der Waals surface area contributed by atoms with E-state index in [9.17, 15) is 9.36 Å². The summed E-state index contributed by atoms with van der Waals surface area (Å²) in [6.45, 7) is 8.22. The van der Waals surface area contributed by atoms with Crippen molar-refractivity contribution in [3.63, 3.8) is 0 Å². The van der Waals surface area contributed by atoms with Crippen LogP contribution in [0, 0.1) is 5.41 Å². The SMILES string of the molecule is CCOP(=O)(C(=O)C1(CC)CC=C(CC)C=C1CC)c1ccccc1. The number of carbonyl (C=O) groups is 1. The Balaban J connectivity index is 2.56. The smallest absolute Gasteiger partial charge is 0.296 e. The van der Waals surface area contributed by atoms with Crippen molar-refractivity contribution >= 4 is 18.2 Å². The summed E-state index contributed by atoms with van der Waals surface area (Å²) in [6, 6.07) is 8.94. The van der Waals surface area contributed by atoms with Gasteiger partial charge in [-0.2, -0.15) is 0 Å². The van der Waals surface area contributed by atoms with Crippen LogP contribution in [0.15, 0.2) is 53.6 Å². The summed E-state index contributed by atoms with van der Waals surface area (Å²) in [4.78, 5) is 13.7. The minimum Gasteiger partial charge on any atom is -0.320 e. The molecular weight excluding hydrogens is 331 g/mol. The molecule has 0 heterocycles. The average Bonchev–Trinajstić information content (AvgIpc) is 2.67. The first-order valence-corrected chi connectivity index (χ1v) is 10.9. The number of hydrogen-bond acceptors (Lipinski definition) is 3. The van der Waals surface area contributed by atoms with Crippen molar-refractivity contribution in [1.29, 1.82) is 0 Å². The Morgan fingerprint density at radius 3 is 2.32 bits per heavy atom. The molecule has 0 amide bonds. The van der Waals surface area contributed by atoms with Gasteiger partial charge in [-0.25, -0.2) is 0 Å². The number of hydrogen-bond donors (Lipinski definition) is 0. The van der Waals surface area contributed by atoms with Crippen LogP contribution in [0.1, 0.15) is 53.4 Å². The van der Waals surface area contributed by atoms with E-state index in [4.69, 9.17) is 4.52 Å². The van der Waals surface area contributed by atoms with Gasteiger partial charge in [0.25, 0.3) is 7.37 Å². The molecule has 0 saturated heterocycles. The van der Waals surface area contributed by atoms with E-state index in [1.54, 1.807) is 31.2 Å². The molecule has 0 aliphatic heterocycles. The number of benzene rings is 1. The van der Waals surface area contributed by atoms with Crippen LogP contribution in [0.5, 0.6) is 0 Å². The van der Waals surface area contributed by atoms with E-state index in [-0.39, 0.29) is 12.1 Å². The zero-order valence-electron chi connectivity index (χ0n) is 15.7. The lowest BCUT2D eigenvalue weighted by Gasteiger charge is -2.38. The van der Waals surface area contributed by atoms with E-state index in [0.717, 1.165) is 18.4 Å². The third-order valence-electron chi connectivity index (χ3n) is 5.16. The molecule has 0 bridgehead atoms. The van der Waals surface area contributed by atoms with Crippen LogP contribution in [-0.4, -0.2) is 12.1 Å². The maximum atomic E-state index is 13.8. The molecule has 2 atom stereocenters. The van der Waals surface area contributed by atoms with E-state index in [2.05, 4.69) is 26.0 Å². The molecule has 2 unspecified atom stereocenters. The quantitative estimate of drug-likeness (QED) is 0.565. The van der Waals surface area contributed by atoms with E-state index < -0.39 is 12.8 Å². The third-order valence-corrected chi connectivity index (χ3v) is 7.73. The molecule has 4 heteroatoms. The predicted molar refractivity (Wildman–Crippen MR) is 104 cm³/mol. The molecule has 0 fully saturated rings. The normalized spacial score (nSPS) is 22.7. The van der Waals surface area contributed by atoms with Crippen LogP contribution < -0.4 is 5.30 Å². The van der Waals surface area contributed by atoms with Crippen molar-refractivity contribution in [1.82, 2.24) is 0 Å². The fourth-order valence-corrected chi connectivity index (χ4v) is 6.02. The Morgan fingerprint density at radius 2 is 1.80 bits per heavy atom. The molecule has 0 saturated carbocycles. The zero-order chi connectivity index (χ0) is 18.5. The fraction of sp³-hybridized carbons (Fsp3) is 0.476. The van der Waals surface area contributed by atoms with Gasteiger partial charge in [0, 0.05) is 5.30 Å². The van der Waals surface area contributed by atoms with Gasteiger partial charge in [0.05, 0.1) is 12.0 Å². The first-order valence-electron chi connectivity index (χ1n) is 9.23. The first-order chi connectivity index (χ1) is 12.0. The van der Waals surface area contributed by atoms with Crippen LogP contribution in [0.4, 0.5) is 0 Å². The molecule has 0 aromatic heterocycles. The van der Waals surface area contributed by atoms with Gasteiger partial charge in [0.1, 0.15) is 0 Å². The topological polar surface area (TPSA) is 43.4 Å². The van der Waals surface area contributed by atoms with Crippen molar-refractivity contribution in [2.75, 3.05) is 6.61 Å². The summed E-state index contributed by atoms with van der Waals surface area (Å²) < 4.78 is 19.4. The van der Waals surface area contributed by atoms with Gasteiger partial charge in [-0.05, 0) is 44.7 Å². The molecular formula is C21H29O3P. The van der Waals surface area contributed by atoms with Gasteiger partial charge < -0.3 is 4.52 Å². The van der Waals surface area contributed by atoms with Crippen LogP contribution in [0.25, 0.3) is 0 Å². The largest absolute Gasteiger partial charge is 0.320 e. The second kappa shape index (κ2) is 8.29. The molecule has 0 radical (unpaired) electrons. The van der Waals surface area contributed by atoms with Gasteiger partial charge in [0.15, 0.2) is 0 Å². The molecule has 2 rings (SSSR count). The summed E-state index contributed by atoms with van der Waals surface area (Å²) in [5.41, 5.74) is 1.35. The van der Waals surface area contributed by atoms with Gasteiger partial charge in [-0.15, -0.1) is 0 Å². The molecule has 1 aromatic rings. The molecule has 0 N–H and O–H groups in total. The highest BCUT2D eigenvalue weighted by atomic mass is 31.2. The van der Waals surface area contributed by atoms with Crippen molar-refractivity contribution in [3.05, 3.63) is 53.6 Å². The minimum absolute atomic E-state index is 0.249. The lowest BCUT2D eigenvalue weighted by molar-refractivity contribution is -0.120. The van der Waals surface area contributed by atoms with Crippen molar-refractivity contribution in [2.45, 2.75) is 53.4 Å². The second-order valence-electron chi connectivity index (χ2n) is 6.41. The van der Waals surface area contributed by atoms with Gasteiger partial charge >= 0.3 is 0 Å². The zero-order valence-corrected chi connectivity index (χ0v) is 16.6. The summed E-state index contributed by atoms with van der Waals surface area (Å²) in [6.07, 6.45) is 7.21. The lowest BCUT2D eigenvalue weighted by atomic mass is 9.71. The second-order valence-corrected chi connectivity index (χ2v) is 8.69. The van der Waals surface area contributed by atoms with Crippen LogP contribution in [0.3, 0.4) is 0 Å².